The fraction of sp³-hybridized carbons (Fsp3) is 0.188. The Morgan fingerprint density at radius 3 is 2.37 bits per heavy atom. The Hall–Kier alpha value is -2.29. The van der Waals surface area contributed by atoms with Gasteiger partial charge in [-0.25, -0.2) is 0 Å². The van der Waals surface area contributed by atoms with E-state index in [2.05, 4.69) is 17.0 Å². The van der Waals surface area contributed by atoms with E-state index in [-0.39, 0.29) is 0 Å². The molecular formula is C16H17NO2. The molecule has 0 fully saturated rings. The van der Waals surface area contributed by atoms with Crippen molar-refractivity contribution in [3.8, 4) is 5.75 Å². The maximum absolute atomic E-state index is 10.5. The molecule has 0 saturated carbocycles. The van der Waals surface area contributed by atoms with Gasteiger partial charge in [-0.2, -0.15) is 0 Å². The molecule has 19 heavy (non-hydrogen) atoms. The Morgan fingerprint density at radius 2 is 1.74 bits per heavy atom. The van der Waals surface area contributed by atoms with Gasteiger partial charge < -0.3 is 9.64 Å². The molecule has 0 amide bonds. The molecule has 0 N–H and O–H groups in total. The summed E-state index contributed by atoms with van der Waals surface area (Å²) < 4.78 is 5.64. The predicted molar refractivity (Wildman–Crippen MR) is 77.0 cm³/mol. The van der Waals surface area contributed by atoms with E-state index in [0.717, 1.165) is 18.6 Å². The summed E-state index contributed by atoms with van der Waals surface area (Å²) in [6.07, 6.45) is 0.826. The molecule has 0 heterocycles. The maximum Gasteiger partial charge on any atom is 0.150 e. The van der Waals surface area contributed by atoms with Crippen LogP contribution >= 0.6 is 0 Å². The van der Waals surface area contributed by atoms with Crippen molar-refractivity contribution in [2.75, 3.05) is 25.1 Å². The summed E-state index contributed by atoms with van der Waals surface area (Å²) in [7, 11) is 2.04. The van der Waals surface area contributed by atoms with E-state index in [1.54, 1.807) is 12.1 Å². The number of rotatable bonds is 6. The van der Waals surface area contributed by atoms with Gasteiger partial charge in [0.2, 0.25) is 0 Å². The standard InChI is InChI=1S/C16H17NO2/c1-17(15-5-3-2-4-6-15)11-12-19-16-9-7-14(13-18)8-10-16/h2-10,13H,11-12H2,1H3. The van der Waals surface area contributed by atoms with Gasteiger partial charge in [0, 0.05) is 18.3 Å². The van der Waals surface area contributed by atoms with Crippen molar-refractivity contribution in [2.45, 2.75) is 0 Å². The maximum atomic E-state index is 10.5. The van der Waals surface area contributed by atoms with Crippen LogP contribution in [0.25, 0.3) is 0 Å². The van der Waals surface area contributed by atoms with Gasteiger partial charge in [-0.3, -0.25) is 4.79 Å². The van der Waals surface area contributed by atoms with E-state index in [0.29, 0.717) is 12.2 Å². The van der Waals surface area contributed by atoms with Crippen LogP contribution < -0.4 is 9.64 Å². The molecule has 0 spiro atoms. The van der Waals surface area contributed by atoms with Crippen LogP contribution in [-0.2, 0) is 0 Å². The monoisotopic (exact) mass is 255 g/mol. The summed E-state index contributed by atoms with van der Waals surface area (Å²) in [5.41, 5.74) is 1.83. The zero-order chi connectivity index (χ0) is 13.5. The zero-order valence-corrected chi connectivity index (χ0v) is 11.0. The van der Waals surface area contributed by atoms with Crippen molar-refractivity contribution in [1.82, 2.24) is 0 Å². The third kappa shape index (κ3) is 3.85. The summed E-state index contributed by atoms with van der Waals surface area (Å²) in [6.45, 7) is 1.41. The van der Waals surface area contributed by atoms with Crippen LogP contribution in [0.4, 0.5) is 5.69 Å². The number of para-hydroxylation sites is 1. The van der Waals surface area contributed by atoms with Gasteiger partial charge in [-0.15, -0.1) is 0 Å². The van der Waals surface area contributed by atoms with Crippen LogP contribution in [0, 0.1) is 0 Å². The molecular weight excluding hydrogens is 238 g/mol. The summed E-state index contributed by atoms with van der Waals surface area (Å²) in [4.78, 5) is 12.7. The molecule has 0 radical (unpaired) electrons. The Balaban J connectivity index is 1.81. The number of benzene rings is 2. The number of nitrogens with zero attached hydrogens (tertiary/aromatic N) is 1. The van der Waals surface area contributed by atoms with E-state index >= 15 is 0 Å². The lowest BCUT2D eigenvalue weighted by atomic mass is 10.2. The number of hydrogen-bond acceptors (Lipinski definition) is 3. The quantitative estimate of drug-likeness (QED) is 0.743. The molecule has 0 aliphatic heterocycles. The molecule has 98 valence electrons. The highest BCUT2D eigenvalue weighted by Gasteiger charge is 2.00. The molecule has 0 atom stereocenters. The number of hydrogen-bond donors (Lipinski definition) is 0. The minimum atomic E-state index is 0.603. The van der Waals surface area contributed by atoms with Crippen LogP contribution in [0.5, 0.6) is 5.75 Å². The third-order valence-electron chi connectivity index (χ3n) is 2.91. The Kier molecular flexibility index (Phi) is 4.56. The van der Waals surface area contributed by atoms with Gasteiger partial charge >= 0.3 is 0 Å². The van der Waals surface area contributed by atoms with E-state index in [1.807, 2.05) is 37.4 Å². The fourth-order valence-electron chi connectivity index (χ4n) is 1.75. The molecule has 0 saturated heterocycles. The first-order valence-electron chi connectivity index (χ1n) is 6.24. The Labute approximate surface area is 113 Å². The van der Waals surface area contributed by atoms with Gasteiger partial charge in [-0.1, -0.05) is 18.2 Å². The van der Waals surface area contributed by atoms with Gasteiger partial charge in [0.15, 0.2) is 0 Å². The minimum Gasteiger partial charge on any atom is -0.492 e. The van der Waals surface area contributed by atoms with Crippen molar-refractivity contribution in [3.63, 3.8) is 0 Å². The highest BCUT2D eigenvalue weighted by Crippen LogP contribution is 2.13. The highest BCUT2D eigenvalue weighted by molar-refractivity contribution is 5.74. The molecule has 2 aromatic rings. The van der Waals surface area contributed by atoms with Gasteiger partial charge in [0.1, 0.15) is 18.6 Å². The number of aldehydes is 1. The summed E-state index contributed by atoms with van der Waals surface area (Å²) >= 11 is 0. The van der Waals surface area contributed by atoms with E-state index in [9.17, 15) is 4.79 Å². The SMILES string of the molecule is CN(CCOc1ccc(C=O)cc1)c1ccccc1. The van der Waals surface area contributed by atoms with Crippen LogP contribution in [0.2, 0.25) is 0 Å². The second-order valence-electron chi connectivity index (χ2n) is 4.29. The lowest BCUT2D eigenvalue weighted by Gasteiger charge is -2.19. The first kappa shape index (κ1) is 13.1. The smallest absolute Gasteiger partial charge is 0.150 e. The largest absolute Gasteiger partial charge is 0.492 e. The van der Waals surface area contributed by atoms with Gasteiger partial charge in [-0.05, 0) is 36.4 Å². The second kappa shape index (κ2) is 6.59. The molecule has 2 rings (SSSR count). The minimum absolute atomic E-state index is 0.603. The molecule has 0 aliphatic rings. The summed E-state index contributed by atoms with van der Waals surface area (Å²) in [6, 6.07) is 17.3. The fourth-order valence-corrected chi connectivity index (χ4v) is 1.75. The van der Waals surface area contributed by atoms with E-state index in [4.69, 9.17) is 4.74 Å². The van der Waals surface area contributed by atoms with E-state index in [1.165, 1.54) is 5.69 Å². The number of likely N-dealkylation sites (N-methyl/N-ethyl adjacent to an activating group) is 1. The Bertz CT molecular complexity index is 508. The van der Waals surface area contributed by atoms with Gasteiger partial charge in [0.05, 0.1) is 6.54 Å². The molecule has 2 aromatic carbocycles. The third-order valence-corrected chi connectivity index (χ3v) is 2.91. The predicted octanol–water partition coefficient (Wildman–Crippen LogP) is 3.01. The molecule has 0 aliphatic carbocycles. The number of anilines is 1. The average molecular weight is 255 g/mol. The zero-order valence-electron chi connectivity index (χ0n) is 11.0. The van der Waals surface area contributed by atoms with Crippen molar-refractivity contribution < 1.29 is 9.53 Å². The topological polar surface area (TPSA) is 29.5 Å². The molecule has 3 nitrogen and oxygen atoms in total. The first-order valence-corrected chi connectivity index (χ1v) is 6.24. The van der Waals surface area contributed by atoms with Crippen LogP contribution in [0.15, 0.2) is 54.6 Å². The van der Waals surface area contributed by atoms with Crippen LogP contribution in [0.1, 0.15) is 10.4 Å². The van der Waals surface area contributed by atoms with E-state index < -0.39 is 0 Å². The number of ether oxygens (including phenoxy) is 1. The highest BCUT2D eigenvalue weighted by atomic mass is 16.5. The number of carbonyl (C=O) groups excluding carboxylic acids is 1. The lowest BCUT2D eigenvalue weighted by Crippen LogP contribution is -2.23. The van der Waals surface area contributed by atoms with Crippen molar-refractivity contribution in [1.29, 1.82) is 0 Å². The van der Waals surface area contributed by atoms with Crippen LogP contribution in [0.3, 0.4) is 0 Å². The van der Waals surface area contributed by atoms with Crippen molar-refractivity contribution in [2.24, 2.45) is 0 Å². The van der Waals surface area contributed by atoms with Crippen LogP contribution in [-0.4, -0.2) is 26.5 Å². The number of carbonyl (C=O) groups is 1. The summed E-state index contributed by atoms with van der Waals surface area (Å²) in [5.74, 6) is 0.784. The molecule has 0 aromatic heterocycles. The lowest BCUT2D eigenvalue weighted by molar-refractivity contribution is 0.112. The second-order valence-corrected chi connectivity index (χ2v) is 4.29. The van der Waals surface area contributed by atoms with Crippen molar-refractivity contribution >= 4 is 12.0 Å². The first-order chi connectivity index (χ1) is 9.29. The normalized spacial score (nSPS) is 9.95. The molecule has 3 heteroatoms. The van der Waals surface area contributed by atoms with Gasteiger partial charge in [0.25, 0.3) is 0 Å². The Morgan fingerprint density at radius 1 is 1.05 bits per heavy atom. The summed E-state index contributed by atoms with van der Waals surface area (Å²) in [5, 5.41) is 0. The average Bonchev–Trinajstić information content (AvgIpc) is 2.49. The van der Waals surface area contributed by atoms with Crippen molar-refractivity contribution in [3.05, 3.63) is 60.2 Å². The molecule has 0 bridgehead atoms. The molecule has 0 unspecified atom stereocenters.